The van der Waals surface area contributed by atoms with Crippen molar-refractivity contribution in [2.75, 3.05) is 6.54 Å². The van der Waals surface area contributed by atoms with Gasteiger partial charge in [0.15, 0.2) is 0 Å². The third-order valence-electron chi connectivity index (χ3n) is 2.79. The molecule has 5 nitrogen and oxygen atoms in total. The molecule has 1 aliphatic rings. The van der Waals surface area contributed by atoms with E-state index in [2.05, 4.69) is 26.2 Å². The molecule has 3 N–H and O–H groups in total. The maximum absolute atomic E-state index is 11.6. The lowest BCUT2D eigenvalue weighted by molar-refractivity contribution is -0.143. The van der Waals surface area contributed by atoms with Crippen molar-refractivity contribution < 1.29 is 14.7 Å². The van der Waals surface area contributed by atoms with Gasteiger partial charge in [0.25, 0.3) is 5.91 Å². The Morgan fingerprint density at radius 1 is 1.56 bits per heavy atom. The van der Waals surface area contributed by atoms with E-state index in [4.69, 9.17) is 5.11 Å². The van der Waals surface area contributed by atoms with E-state index in [1.54, 1.807) is 12.3 Å². The highest BCUT2D eigenvalue weighted by Crippen LogP contribution is 2.45. The molecule has 1 aromatic rings. The van der Waals surface area contributed by atoms with Crippen LogP contribution in [0.3, 0.4) is 0 Å². The van der Waals surface area contributed by atoms with Crippen LogP contribution in [-0.2, 0) is 4.79 Å². The number of aromatic nitrogens is 1. The van der Waals surface area contributed by atoms with Crippen molar-refractivity contribution in [3.05, 3.63) is 22.4 Å². The molecule has 0 radical (unpaired) electrons. The summed E-state index contributed by atoms with van der Waals surface area (Å²) in [5.74, 6) is -1.11. The molecule has 1 saturated carbocycles. The standard InChI is InChI=1S/C10H11BrN2O3/c11-6-3-7(12-4-6)8(14)13-5-10(1-2-10)9(15)16/h3-4,12H,1-2,5H2,(H,13,14)(H,15,16). The summed E-state index contributed by atoms with van der Waals surface area (Å²) in [6.07, 6.45) is 2.92. The monoisotopic (exact) mass is 286 g/mol. The van der Waals surface area contributed by atoms with Crippen LogP contribution in [0.2, 0.25) is 0 Å². The number of nitrogens with one attached hydrogen (secondary N) is 2. The fourth-order valence-corrected chi connectivity index (χ4v) is 1.80. The van der Waals surface area contributed by atoms with Gasteiger partial charge in [0.1, 0.15) is 5.69 Å². The minimum absolute atomic E-state index is 0.192. The molecule has 0 aromatic carbocycles. The Hall–Kier alpha value is -1.30. The lowest BCUT2D eigenvalue weighted by Crippen LogP contribution is -2.34. The highest BCUT2D eigenvalue weighted by molar-refractivity contribution is 9.10. The third kappa shape index (κ3) is 2.11. The zero-order valence-electron chi connectivity index (χ0n) is 8.42. The first-order chi connectivity index (χ1) is 7.53. The van der Waals surface area contributed by atoms with E-state index in [-0.39, 0.29) is 12.5 Å². The molecule has 1 aromatic heterocycles. The second-order valence-corrected chi connectivity index (χ2v) is 4.92. The number of hydrogen-bond donors (Lipinski definition) is 3. The summed E-state index contributed by atoms with van der Waals surface area (Å²) in [4.78, 5) is 25.3. The lowest BCUT2D eigenvalue weighted by Gasteiger charge is -2.10. The van der Waals surface area contributed by atoms with Gasteiger partial charge in [-0.05, 0) is 34.8 Å². The summed E-state index contributed by atoms with van der Waals surface area (Å²) < 4.78 is 0.789. The number of amides is 1. The lowest BCUT2D eigenvalue weighted by atomic mass is 10.1. The first-order valence-corrected chi connectivity index (χ1v) is 5.68. The van der Waals surface area contributed by atoms with Gasteiger partial charge in [-0.15, -0.1) is 0 Å². The highest BCUT2D eigenvalue weighted by Gasteiger charge is 2.50. The molecule has 0 bridgehead atoms. The van der Waals surface area contributed by atoms with Gasteiger partial charge in [-0.25, -0.2) is 0 Å². The van der Waals surface area contributed by atoms with E-state index < -0.39 is 11.4 Å². The number of aliphatic carboxylic acids is 1. The zero-order valence-corrected chi connectivity index (χ0v) is 10.0. The molecular weight excluding hydrogens is 276 g/mol. The van der Waals surface area contributed by atoms with Crippen molar-refractivity contribution in [2.24, 2.45) is 5.41 Å². The largest absolute Gasteiger partial charge is 0.481 e. The highest BCUT2D eigenvalue weighted by atomic mass is 79.9. The van der Waals surface area contributed by atoms with Gasteiger partial charge in [0, 0.05) is 17.2 Å². The Kier molecular flexibility index (Phi) is 2.75. The van der Waals surface area contributed by atoms with Gasteiger partial charge in [-0.1, -0.05) is 0 Å². The molecule has 0 spiro atoms. The van der Waals surface area contributed by atoms with Crippen LogP contribution < -0.4 is 5.32 Å². The molecule has 1 aliphatic carbocycles. The summed E-state index contributed by atoms with van der Waals surface area (Å²) in [7, 11) is 0. The average molecular weight is 287 g/mol. The van der Waals surface area contributed by atoms with Crippen LogP contribution in [0, 0.1) is 5.41 Å². The van der Waals surface area contributed by atoms with Gasteiger partial charge in [-0.3, -0.25) is 9.59 Å². The summed E-state index contributed by atoms with van der Waals surface area (Å²) >= 11 is 3.22. The molecule has 6 heteroatoms. The van der Waals surface area contributed by atoms with E-state index in [0.717, 1.165) is 4.47 Å². The number of H-pyrrole nitrogens is 1. The fraction of sp³-hybridized carbons (Fsp3) is 0.400. The molecule has 1 amide bonds. The number of rotatable bonds is 4. The number of hydrogen-bond acceptors (Lipinski definition) is 2. The van der Waals surface area contributed by atoms with Gasteiger partial charge < -0.3 is 15.4 Å². The summed E-state index contributed by atoms with van der Waals surface area (Å²) in [5.41, 5.74) is -0.299. The molecule has 0 aliphatic heterocycles. The van der Waals surface area contributed by atoms with Crippen molar-refractivity contribution in [1.29, 1.82) is 0 Å². The SMILES string of the molecule is O=C(NCC1(C(=O)O)CC1)c1cc(Br)c[nH]1. The molecule has 0 unspecified atom stereocenters. The van der Waals surface area contributed by atoms with E-state index in [1.807, 2.05) is 0 Å². The predicted octanol–water partition coefficient (Wildman–Crippen LogP) is 1.37. The zero-order chi connectivity index (χ0) is 11.8. The van der Waals surface area contributed by atoms with E-state index in [1.165, 1.54) is 0 Å². The minimum Gasteiger partial charge on any atom is -0.481 e. The number of carboxylic acid groups (broad SMARTS) is 1. The maximum atomic E-state index is 11.6. The minimum atomic E-state index is -0.833. The second kappa shape index (κ2) is 3.93. The van der Waals surface area contributed by atoms with Gasteiger partial charge in [-0.2, -0.15) is 0 Å². The maximum Gasteiger partial charge on any atom is 0.311 e. The molecule has 86 valence electrons. The first kappa shape index (κ1) is 11.2. The first-order valence-electron chi connectivity index (χ1n) is 4.89. The Morgan fingerprint density at radius 2 is 2.25 bits per heavy atom. The molecule has 2 rings (SSSR count). The van der Waals surface area contributed by atoms with Crippen molar-refractivity contribution in [1.82, 2.24) is 10.3 Å². The van der Waals surface area contributed by atoms with Crippen molar-refractivity contribution in [3.8, 4) is 0 Å². The predicted molar refractivity (Wildman–Crippen MR) is 60.1 cm³/mol. The fourth-order valence-electron chi connectivity index (χ4n) is 1.46. The average Bonchev–Trinajstić information content (AvgIpc) is 2.92. The van der Waals surface area contributed by atoms with Gasteiger partial charge in [0.05, 0.1) is 5.41 Å². The van der Waals surface area contributed by atoms with Crippen LogP contribution in [-0.4, -0.2) is 28.5 Å². The van der Waals surface area contributed by atoms with Gasteiger partial charge in [0.2, 0.25) is 0 Å². The van der Waals surface area contributed by atoms with Crippen LogP contribution in [0.25, 0.3) is 0 Å². The number of carbonyl (C=O) groups excluding carboxylic acids is 1. The number of carboxylic acids is 1. The van der Waals surface area contributed by atoms with Crippen molar-refractivity contribution >= 4 is 27.8 Å². The number of carbonyl (C=O) groups is 2. The second-order valence-electron chi connectivity index (χ2n) is 4.00. The Balaban J connectivity index is 1.92. The molecular formula is C10H11BrN2O3. The topological polar surface area (TPSA) is 82.2 Å². The van der Waals surface area contributed by atoms with E-state index in [0.29, 0.717) is 18.5 Å². The molecule has 1 heterocycles. The van der Waals surface area contributed by atoms with Crippen LogP contribution in [0.1, 0.15) is 23.3 Å². The van der Waals surface area contributed by atoms with Crippen LogP contribution in [0.4, 0.5) is 0 Å². The molecule has 1 fully saturated rings. The Bertz CT molecular complexity index is 437. The summed E-state index contributed by atoms with van der Waals surface area (Å²) in [5, 5.41) is 11.5. The van der Waals surface area contributed by atoms with E-state index >= 15 is 0 Å². The van der Waals surface area contributed by atoms with Crippen LogP contribution >= 0.6 is 15.9 Å². The normalized spacial score (nSPS) is 16.8. The third-order valence-corrected chi connectivity index (χ3v) is 3.24. The van der Waals surface area contributed by atoms with Crippen LogP contribution in [0.15, 0.2) is 16.7 Å². The van der Waals surface area contributed by atoms with Crippen molar-refractivity contribution in [2.45, 2.75) is 12.8 Å². The molecule has 0 saturated heterocycles. The number of halogens is 1. The van der Waals surface area contributed by atoms with Crippen LogP contribution in [0.5, 0.6) is 0 Å². The summed E-state index contributed by atoms with van der Waals surface area (Å²) in [6.45, 7) is 0.192. The van der Waals surface area contributed by atoms with E-state index in [9.17, 15) is 9.59 Å². The van der Waals surface area contributed by atoms with Gasteiger partial charge >= 0.3 is 5.97 Å². The quantitative estimate of drug-likeness (QED) is 0.782. The van der Waals surface area contributed by atoms with Crippen molar-refractivity contribution in [3.63, 3.8) is 0 Å². The number of aromatic amines is 1. The Morgan fingerprint density at radius 3 is 2.69 bits per heavy atom. The smallest absolute Gasteiger partial charge is 0.311 e. The molecule has 16 heavy (non-hydrogen) atoms. The molecule has 0 atom stereocenters. The summed E-state index contributed by atoms with van der Waals surface area (Å²) in [6, 6.07) is 1.65. The Labute approximate surface area is 100 Å².